The molecule has 10 heteroatoms. The van der Waals surface area contributed by atoms with Crippen LogP contribution in [0.4, 0.5) is 9.59 Å². The largest absolute Gasteiger partial charge is 0.444 e. The fourth-order valence-electron chi connectivity index (χ4n) is 3.71. The van der Waals surface area contributed by atoms with E-state index in [1.807, 2.05) is 0 Å². The predicted octanol–water partition coefficient (Wildman–Crippen LogP) is 6.57. The molecule has 232 valence electrons. The molecule has 1 rings (SSSR count). The highest BCUT2D eigenvalue weighted by molar-refractivity contribution is 5.84. The predicted molar refractivity (Wildman–Crippen MR) is 157 cm³/mol. The summed E-state index contributed by atoms with van der Waals surface area (Å²) >= 11 is 0. The van der Waals surface area contributed by atoms with E-state index in [1.54, 1.807) is 53.7 Å². The Morgan fingerprint density at radius 2 is 1.10 bits per heavy atom. The Bertz CT molecular complexity index is 985. The molecule has 10 nitrogen and oxygen atoms in total. The first kappa shape index (κ1) is 35.7. The van der Waals surface area contributed by atoms with E-state index in [0.29, 0.717) is 0 Å². The van der Waals surface area contributed by atoms with E-state index >= 15 is 0 Å². The van der Waals surface area contributed by atoms with Crippen molar-refractivity contribution in [2.24, 2.45) is 0 Å². The molecule has 0 spiro atoms. The molecule has 0 bridgehead atoms. The number of hydrogen-bond donors (Lipinski definition) is 2. The van der Waals surface area contributed by atoms with Gasteiger partial charge in [0.1, 0.15) is 34.8 Å². The van der Waals surface area contributed by atoms with Gasteiger partial charge in [-0.3, -0.25) is 0 Å². The maximum absolute atomic E-state index is 12.8. The zero-order valence-electron chi connectivity index (χ0n) is 26.7. The normalized spacial score (nSPS) is 13.4. The molecule has 2 amide bonds. The average molecular weight is 579 g/mol. The Kier molecular flexibility index (Phi) is 13.1. The minimum atomic E-state index is -1.00. The van der Waals surface area contributed by atoms with Gasteiger partial charge < -0.3 is 29.6 Å². The van der Waals surface area contributed by atoms with Crippen LogP contribution in [-0.4, -0.2) is 47.4 Å². The summed E-state index contributed by atoms with van der Waals surface area (Å²) in [7, 11) is 0. The first-order valence-electron chi connectivity index (χ1n) is 14.3. The van der Waals surface area contributed by atoms with Crippen LogP contribution in [0.25, 0.3) is 0 Å². The van der Waals surface area contributed by atoms with E-state index in [9.17, 15) is 19.2 Å². The lowest BCUT2D eigenvalue weighted by atomic mass is 9.80. The Hall–Kier alpha value is -3.30. The molecule has 2 N–H and O–H groups in total. The van der Waals surface area contributed by atoms with Gasteiger partial charge in [-0.25, -0.2) is 19.2 Å². The highest BCUT2D eigenvalue weighted by Gasteiger charge is 2.27. The maximum Gasteiger partial charge on any atom is 0.408 e. The van der Waals surface area contributed by atoms with Gasteiger partial charge in [-0.05, 0) is 84.9 Å². The number of unbranched alkanes of at least 4 members (excludes halogenated alkanes) is 3. The number of carbonyl (C=O) groups excluding carboxylic acids is 4. The summed E-state index contributed by atoms with van der Waals surface area (Å²) in [6.07, 6.45) is 3.74. The number of hydrogen-bond acceptors (Lipinski definition) is 8. The lowest BCUT2D eigenvalue weighted by molar-refractivity contribution is -0.136. The summed E-state index contributed by atoms with van der Waals surface area (Å²) in [4.78, 5) is 49.9. The van der Waals surface area contributed by atoms with Gasteiger partial charge in [-0.15, -0.1) is 0 Å². The van der Waals surface area contributed by atoms with Gasteiger partial charge in [0.25, 0.3) is 0 Å². The first-order chi connectivity index (χ1) is 18.7. The van der Waals surface area contributed by atoms with Crippen LogP contribution < -0.4 is 20.1 Å². The van der Waals surface area contributed by atoms with Crippen LogP contribution in [0.2, 0.25) is 0 Å². The standard InChI is InChI=1S/C31H50N2O8/c1-12-13-14-15-16-31(10,11)22-17-23(38-25(34)20(2)32-27(36)40-29(4,5)6)19-24(18-22)39-26(35)21(3)33-28(37)41-30(7,8)9/h17-21H,12-16H2,1-11H3,(H,32,36)(H,33,37)/t20-,21-/m0/s1. The lowest BCUT2D eigenvalue weighted by Gasteiger charge is -2.27. The van der Waals surface area contributed by atoms with E-state index in [-0.39, 0.29) is 16.9 Å². The molecule has 0 saturated heterocycles. The molecule has 0 aliphatic carbocycles. The Labute approximate surface area is 245 Å². The summed E-state index contributed by atoms with van der Waals surface area (Å²) in [6.45, 7) is 19.6. The summed E-state index contributed by atoms with van der Waals surface area (Å²) in [5.74, 6) is -1.12. The van der Waals surface area contributed by atoms with Crippen molar-refractivity contribution >= 4 is 24.1 Å². The van der Waals surface area contributed by atoms with Crippen LogP contribution in [0.1, 0.15) is 114 Å². The molecule has 1 aromatic rings. The third-order valence-electron chi connectivity index (χ3n) is 5.93. The highest BCUT2D eigenvalue weighted by Crippen LogP contribution is 2.35. The Balaban J connectivity index is 3.17. The number of ether oxygens (including phenoxy) is 4. The average Bonchev–Trinajstić information content (AvgIpc) is 2.79. The zero-order valence-corrected chi connectivity index (χ0v) is 26.7. The van der Waals surface area contributed by atoms with Crippen LogP contribution in [-0.2, 0) is 24.5 Å². The molecule has 0 radical (unpaired) electrons. The van der Waals surface area contributed by atoms with Gasteiger partial charge >= 0.3 is 24.1 Å². The van der Waals surface area contributed by atoms with Gasteiger partial charge in [0, 0.05) is 6.07 Å². The van der Waals surface area contributed by atoms with Crippen LogP contribution in [0, 0.1) is 0 Å². The molecule has 0 aliphatic heterocycles. The minimum Gasteiger partial charge on any atom is -0.444 e. The van der Waals surface area contributed by atoms with Crippen molar-refractivity contribution in [3.05, 3.63) is 23.8 Å². The zero-order chi connectivity index (χ0) is 31.6. The summed E-state index contributed by atoms with van der Waals surface area (Å²) in [6, 6.07) is 2.89. The molecule has 0 unspecified atom stereocenters. The van der Waals surface area contributed by atoms with E-state index in [4.69, 9.17) is 18.9 Å². The third-order valence-corrected chi connectivity index (χ3v) is 5.93. The quantitative estimate of drug-likeness (QED) is 0.162. The molecular weight excluding hydrogens is 528 g/mol. The molecule has 2 atom stereocenters. The van der Waals surface area contributed by atoms with Gasteiger partial charge in [-0.2, -0.15) is 0 Å². The number of alkyl carbamates (subject to hydrolysis) is 2. The van der Waals surface area contributed by atoms with Gasteiger partial charge in [0.15, 0.2) is 0 Å². The summed E-state index contributed by atoms with van der Waals surface area (Å²) in [5, 5.41) is 4.93. The number of benzene rings is 1. The number of rotatable bonds is 12. The second kappa shape index (κ2) is 15.1. The number of nitrogens with one attached hydrogen (secondary N) is 2. The molecule has 0 saturated carbocycles. The molecule has 0 aliphatic rings. The van der Waals surface area contributed by atoms with Crippen LogP contribution >= 0.6 is 0 Å². The van der Waals surface area contributed by atoms with Crippen molar-refractivity contribution in [2.75, 3.05) is 0 Å². The Morgan fingerprint density at radius 3 is 1.46 bits per heavy atom. The lowest BCUT2D eigenvalue weighted by Crippen LogP contribution is -2.43. The number of amides is 2. The second-order valence-electron chi connectivity index (χ2n) is 13.0. The topological polar surface area (TPSA) is 129 Å². The molecule has 0 fully saturated rings. The molecule has 0 aromatic heterocycles. The van der Waals surface area contributed by atoms with Crippen molar-refractivity contribution in [3.8, 4) is 11.5 Å². The van der Waals surface area contributed by atoms with Crippen LogP contribution in [0.15, 0.2) is 18.2 Å². The van der Waals surface area contributed by atoms with Crippen LogP contribution in [0.5, 0.6) is 11.5 Å². The molecule has 1 aromatic carbocycles. The molecule has 41 heavy (non-hydrogen) atoms. The maximum atomic E-state index is 12.8. The second-order valence-corrected chi connectivity index (χ2v) is 13.0. The van der Waals surface area contributed by atoms with E-state index in [2.05, 4.69) is 31.4 Å². The van der Waals surface area contributed by atoms with E-state index in [1.165, 1.54) is 19.9 Å². The number of carbonyl (C=O) groups is 4. The molecule has 0 heterocycles. The third kappa shape index (κ3) is 14.2. The van der Waals surface area contributed by atoms with Gasteiger partial charge in [-0.1, -0.05) is 46.5 Å². The van der Waals surface area contributed by atoms with Crippen LogP contribution in [0.3, 0.4) is 0 Å². The first-order valence-corrected chi connectivity index (χ1v) is 14.3. The smallest absolute Gasteiger partial charge is 0.408 e. The van der Waals surface area contributed by atoms with E-state index in [0.717, 1.165) is 37.7 Å². The Morgan fingerprint density at radius 1 is 0.683 bits per heavy atom. The fraction of sp³-hybridized carbons (Fsp3) is 0.677. The molecular formula is C31H50N2O8. The monoisotopic (exact) mass is 578 g/mol. The van der Waals surface area contributed by atoms with Gasteiger partial charge in [0.2, 0.25) is 0 Å². The van der Waals surface area contributed by atoms with Crippen molar-refractivity contribution in [1.29, 1.82) is 0 Å². The van der Waals surface area contributed by atoms with E-state index < -0.39 is 47.4 Å². The minimum absolute atomic E-state index is 0.155. The van der Waals surface area contributed by atoms with Crippen molar-refractivity contribution in [2.45, 2.75) is 137 Å². The van der Waals surface area contributed by atoms with Crippen molar-refractivity contribution in [3.63, 3.8) is 0 Å². The van der Waals surface area contributed by atoms with Gasteiger partial charge in [0.05, 0.1) is 0 Å². The summed E-state index contributed by atoms with van der Waals surface area (Å²) in [5.41, 5.74) is -0.960. The highest BCUT2D eigenvalue weighted by atomic mass is 16.6. The van der Waals surface area contributed by atoms with Crippen molar-refractivity contribution < 1.29 is 38.1 Å². The summed E-state index contributed by atoms with van der Waals surface area (Å²) < 4.78 is 21.6. The SMILES string of the molecule is CCCCCCC(C)(C)c1cc(OC(=O)[C@H](C)NC(=O)OC(C)(C)C)cc(OC(=O)[C@H](C)NC(=O)OC(C)(C)C)c1. The fourth-order valence-corrected chi connectivity index (χ4v) is 3.71. The number of esters is 2. The van der Waals surface area contributed by atoms with Crippen molar-refractivity contribution in [1.82, 2.24) is 10.6 Å².